The second-order valence-electron chi connectivity index (χ2n) is 5.28. The Morgan fingerprint density at radius 1 is 1.29 bits per heavy atom. The summed E-state index contributed by atoms with van der Waals surface area (Å²) in [5, 5.41) is 3.36. The number of rotatable bonds is 1. The summed E-state index contributed by atoms with van der Waals surface area (Å²) in [6, 6.07) is 0. The summed E-state index contributed by atoms with van der Waals surface area (Å²) in [6.45, 7) is 14.0. The Bertz CT molecular complexity index is 277. The van der Waals surface area contributed by atoms with Gasteiger partial charge >= 0.3 is 0 Å². The highest BCUT2D eigenvalue weighted by molar-refractivity contribution is 6.04. The third-order valence-corrected chi connectivity index (χ3v) is 2.55. The Morgan fingerprint density at radius 3 is 2.29 bits per heavy atom. The Balaban J connectivity index is 3.06. The third-order valence-electron chi connectivity index (χ3n) is 2.55. The standard InChI is InChI=1S/C12H22N2/c1-8(2)10-9(3)11(12(4,5)6)14-7-13-10/h8,13H,7H2,1-6H3. The molecule has 80 valence electrons. The van der Waals surface area contributed by atoms with E-state index < -0.39 is 0 Å². The van der Waals surface area contributed by atoms with Crippen LogP contribution in [0.4, 0.5) is 0 Å². The molecule has 1 aliphatic heterocycles. The lowest BCUT2D eigenvalue weighted by Gasteiger charge is -2.29. The van der Waals surface area contributed by atoms with Crippen LogP contribution in [0.3, 0.4) is 0 Å². The first kappa shape index (κ1) is 11.3. The van der Waals surface area contributed by atoms with Crippen molar-refractivity contribution < 1.29 is 0 Å². The summed E-state index contributed by atoms with van der Waals surface area (Å²) in [5.74, 6) is 0.558. The molecule has 0 saturated heterocycles. The lowest BCUT2D eigenvalue weighted by molar-refractivity contribution is 0.566. The molecule has 1 aliphatic rings. The van der Waals surface area contributed by atoms with Gasteiger partial charge in [-0.25, -0.2) is 0 Å². The van der Waals surface area contributed by atoms with E-state index in [1.165, 1.54) is 17.0 Å². The monoisotopic (exact) mass is 194 g/mol. The van der Waals surface area contributed by atoms with Gasteiger partial charge in [-0.3, -0.25) is 4.99 Å². The van der Waals surface area contributed by atoms with Crippen molar-refractivity contribution in [3.63, 3.8) is 0 Å². The van der Waals surface area contributed by atoms with Crippen molar-refractivity contribution >= 4 is 5.71 Å². The van der Waals surface area contributed by atoms with Crippen LogP contribution in [0.5, 0.6) is 0 Å². The van der Waals surface area contributed by atoms with Gasteiger partial charge in [0.1, 0.15) is 6.67 Å². The van der Waals surface area contributed by atoms with E-state index in [0.717, 1.165) is 6.67 Å². The van der Waals surface area contributed by atoms with Crippen LogP contribution in [0.25, 0.3) is 0 Å². The Hall–Kier alpha value is -0.790. The number of aliphatic imine (C=N–C) groups is 1. The lowest BCUT2D eigenvalue weighted by atomic mass is 9.83. The number of allylic oxidation sites excluding steroid dienone is 2. The zero-order valence-electron chi connectivity index (χ0n) is 10.2. The molecule has 0 aromatic heterocycles. The number of nitrogens with zero attached hydrogens (tertiary/aromatic N) is 1. The molecule has 0 aromatic rings. The van der Waals surface area contributed by atoms with E-state index in [2.05, 4.69) is 51.9 Å². The molecule has 1 rings (SSSR count). The van der Waals surface area contributed by atoms with Crippen LogP contribution >= 0.6 is 0 Å². The minimum atomic E-state index is 0.159. The highest BCUT2D eigenvalue weighted by Gasteiger charge is 2.25. The van der Waals surface area contributed by atoms with Gasteiger partial charge in [0.05, 0.1) is 0 Å². The zero-order valence-corrected chi connectivity index (χ0v) is 10.2. The Labute approximate surface area is 87.5 Å². The third kappa shape index (κ3) is 2.17. The van der Waals surface area contributed by atoms with E-state index in [9.17, 15) is 0 Å². The molecule has 2 nitrogen and oxygen atoms in total. The second kappa shape index (κ2) is 3.76. The van der Waals surface area contributed by atoms with Gasteiger partial charge in [0.2, 0.25) is 0 Å². The van der Waals surface area contributed by atoms with Crippen LogP contribution in [0.15, 0.2) is 16.3 Å². The summed E-state index contributed by atoms with van der Waals surface area (Å²) in [5.41, 5.74) is 4.09. The molecule has 1 N–H and O–H groups in total. The Kier molecular flexibility index (Phi) is 3.03. The predicted molar refractivity (Wildman–Crippen MR) is 62.4 cm³/mol. The van der Waals surface area contributed by atoms with Crippen LogP contribution < -0.4 is 5.32 Å². The minimum absolute atomic E-state index is 0.159. The molecular weight excluding hydrogens is 172 g/mol. The van der Waals surface area contributed by atoms with Gasteiger partial charge in [0.25, 0.3) is 0 Å². The summed E-state index contributed by atoms with van der Waals surface area (Å²) in [7, 11) is 0. The van der Waals surface area contributed by atoms with Gasteiger partial charge in [-0.1, -0.05) is 34.6 Å². The number of hydrogen-bond acceptors (Lipinski definition) is 2. The molecule has 1 heterocycles. The molecule has 0 fully saturated rings. The number of nitrogens with one attached hydrogen (secondary N) is 1. The average Bonchev–Trinajstić information content (AvgIpc) is 2.01. The Morgan fingerprint density at radius 2 is 1.86 bits per heavy atom. The van der Waals surface area contributed by atoms with Gasteiger partial charge in [0, 0.05) is 16.8 Å². The maximum atomic E-state index is 4.56. The molecule has 0 radical (unpaired) electrons. The van der Waals surface area contributed by atoms with Gasteiger partial charge in [0.15, 0.2) is 0 Å². The molecule has 0 aliphatic carbocycles. The lowest BCUT2D eigenvalue weighted by Crippen LogP contribution is -2.33. The molecule has 0 unspecified atom stereocenters. The average molecular weight is 194 g/mol. The van der Waals surface area contributed by atoms with Gasteiger partial charge in [-0.2, -0.15) is 0 Å². The molecule has 0 saturated carbocycles. The van der Waals surface area contributed by atoms with E-state index >= 15 is 0 Å². The first-order chi connectivity index (χ1) is 6.34. The predicted octanol–water partition coefficient (Wildman–Crippen LogP) is 2.96. The largest absolute Gasteiger partial charge is 0.369 e. The SMILES string of the molecule is CC1=C(C(C)C)NCN=C1C(C)(C)C. The fourth-order valence-electron chi connectivity index (χ4n) is 2.02. The molecule has 0 bridgehead atoms. The van der Waals surface area contributed by atoms with Crippen LogP contribution in [0.1, 0.15) is 41.5 Å². The van der Waals surface area contributed by atoms with Gasteiger partial charge in [-0.05, 0) is 18.4 Å². The maximum Gasteiger partial charge on any atom is 0.107 e. The molecular formula is C12H22N2. The second-order valence-corrected chi connectivity index (χ2v) is 5.28. The fraction of sp³-hybridized carbons (Fsp3) is 0.750. The molecule has 0 atom stereocenters. The van der Waals surface area contributed by atoms with Crippen LogP contribution in [-0.2, 0) is 0 Å². The normalized spacial score (nSPS) is 18.4. The van der Waals surface area contributed by atoms with Crippen molar-refractivity contribution in [3.8, 4) is 0 Å². The van der Waals surface area contributed by atoms with Crippen LogP contribution in [0, 0.1) is 11.3 Å². The molecule has 14 heavy (non-hydrogen) atoms. The minimum Gasteiger partial charge on any atom is -0.369 e. The van der Waals surface area contributed by atoms with E-state index in [0.29, 0.717) is 5.92 Å². The van der Waals surface area contributed by atoms with E-state index in [1.54, 1.807) is 0 Å². The zero-order chi connectivity index (χ0) is 10.9. The van der Waals surface area contributed by atoms with E-state index in [1.807, 2.05) is 0 Å². The van der Waals surface area contributed by atoms with Crippen LogP contribution in [-0.4, -0.2) is 12.4 Å². The summed E-state index contributed by atoms with van der Waals surface area (Å²) < 4.78 is 0. The molecule has 0 aromatic carbocycles. The number of hydrogen-bond donors (Lipinski definition) is 1. The van der Waals surface area contributed by atoms with Crippen molar-refractivity contribution in [2.45, 2.75) is 41.5 Å². The first-order valence-corrected chi connectivity index (χ1v) is 5.34. The highest BCUT2D eigenvalue weighted by atomic mass is 15.0. The fourth-order valence-corrected chi connectivity index (χ4v) is 2.02. The van der Waals surface area contributed by atoms with E-state index in [4.69, 9.17) is 0 Å². The van der Waals surface area contributed by atoms with Gasteiger partial charge in [-0.15, -0.1) is 0 Å². The molecule has 2 heteroatoms. The quantitative estimate of drug-likeness (QED) is 0.682. The maximum absolute atomic E-state index is 4.56. The summed E-state index contributed by atoms with van der Waals surface area (Å²) in [6.07, 6.45) is 0. The summed E-state index contributed by atoms with van der Waals surface area (Å²) in [4.78, 5) is 4.56. The molecule has 0 amide bonds. The van der Waals surface area contributed by atoms with Crippen molar-refractivity contribution in [1.29, 1.82) is 0 Å². The topological polar surface area (TPSA) is 24.4 Å². The van der Waals surface area contributed by atoms with Crippen molar-refractivity contribution in [1.82, 2.24) is 5.32 Å². The highest BCUT2D eigenvalue weighted by Crippen LogP contribution is 2.26. The first-order valence-electron chi connectivity index (χ1n) is 5.34. The molecule has 0 spiro atoms. The van der Waals surface area contributed by atoms with E-state index in [-0.39, 0.29) is 5.41 Å². The van der Waals surface area contributed by atoms with Crippen molar-refractivity contribution in [2.75, 3.05) is 6.67 Å². The van der Waals surface area contributed by atoms with Crippen LogP contribution in [0.2, 0.25) is 0 Å². The van der Waals surface area contributed by atoms with Crippen molar-refractivity contribution in [2.24, 2.45) is 16.3 Å². The summed E-state index contributed by atoms with van der Waals surface area (Å²) >= 11 is 0. The van der Waals surface area contributed by atoms with Crippen molar-refractivity contribution in [3.05, 3.63) is 11.3 Å². The van der Waals surface area contributed by atoms with Gasteiger partial charge < -0.3 is 5.32 Å². The smallest absolute Gasteiger partial charge is 0.107 e.